The molecule has 1 aromatic heterocycles. The van der Waals surface area contributed by atoms with Gasteiger partial charge in [0.2, 0.25) is 0 Å². The Hall–Kier alpha value is -1.20. The van der Waals surface area contributed by atoms with Crippen molar-refractivity contribution >= 4 is 23.3 Å². The second-order valence-corrected chi connectivity index (χ2v) is 5.34. The van der Waals surface area contributed by atoms with Gasteiger partial charge in [0, 0.05) is 19.1 Å². The molecule has 0 unspecified atom stereocenters. The van der Waals surface area contributed by atoms with Crippen LogP contribution in [0.25, 0.3) is 11.0 Å². The molecule has 0 spiro atoms. The Morgan fingerprint density at radius 3 is 3.00 bits per heavy atom. The van der Waals surface area contributed by atoms with Crippen LogP contribution in [0.3, 0.4) is 0 Å². The monoisotopic (exact) mass is 265 g/mol. The zero-order valence-electron chi connectivity index (χ0n) is 10.3. The predicted octanol–water partition coefficient (Wildman–Crippen LogP) is 2.93. The Labute approximate surface area is 110 Å². The quantitative estimate of drug-likeness (QED) is 0.859. The number of imidazole rings is 1. The SMILES string of the molecule is CN(CCn1c(=S)[nH]c2ccc(F)cc21)C1CC1. The highest BCUT2D eigenvalue weighted by atomic mass is 32.1. The molecule has 1 aliphatic carbocycles. The maximum Gasteiger partial charge on any atom is 0.178 e. The van der Waals surface area contributed by atoms with Crippen LogP contribution < -0.4 is 0 Å². The highest BCUT2D eigenvalue weighted by molar-refractivity contribution is 7.71. The Morgan fingerprint density at radius 2 is 2.28 bits per heavy atom. The van der Waals surface area contributed by atoms with Crippen LogP contribution in [0.5, 0.6) is 0 Å². The molecule has 0 radical (unpaired) electrons. The number of halogens is 1. The van der Waals surface area contributed by atoms with Crippen LogP contribution in [-0.2, 0) is 6.54 Å². The van der Waals surface area contributed by atoms with Crippen molar-refractivity contribution in [2.24, 2.45) is 0 Å². The van der Waals surface area contributed by atoms with Crippen LogP contribution in [-0.4, -0.2) is 34.1 Å². The van der Waals surface area contributed by atoms with Gasteiger partial charge in [0.25, 0.3) is 0 Å². The molecule has 0 bridgehead atoms. The van der Waals surface area contributed by atoms with Crippen LogP contribution in [0.1, 0.15) is 12.8 Å². The summed E-state index contributed by atoms with van der Waals surface area (Å²) in [7, 11) is 2.14. The lowest BCUT2D eigenvalue weighted by atomic mass is 10.3. The van der Waals surface area contributed by atoms with Crippen molar-refractivity contribution in [3.05, 3.63) is 28.8 Å². The lowest BCUT2D eigenvalue weighted by Gasteiger charge is -2.16. The average molecular weight is 265 g/mol. The van der Waals surface area contributed by atoms with Crippen LogP contribution in [0, 0.1) is 10.6 Å². The van der Waals surface area contributed by atoms with Gasteiger partial charge >= 0.3 is 0 Å². The van der Waals surface area contributed by atoms with Crippen LogP contribution >= 0.6 is 12.2 Å². The summed E-state index contributed by atoms with van der Waals surface area (Å²) < 4.78 is 15.9. The number of benzene rings is 1. The van der Waals surface area contributed by atoms with Gasteiger partial charge in [0.05, 0.1) is 11.0 Å². The van der Waals surface area contributed by atoms with Gasteiger partial charge < -0.3 is 14.5 Å². The summed E-state index contributed by atoms with van der Waals surface area (Å²) in [6, 6.07) is 5.47. The molecule has 96 valence electrons. The van der Waals surface area contributed by atoms with Crippen molar-refractivity contribution < 1.29 is 4.39 Å². The summed E-state index contributed by atoms with van der Waals surface area (Å²) in [6.07, 6.45) is 2.59. The lowest BCUT2D eigenvalue weighted by Crippen LogP contribution is -2.25. The van der Waals surface area contributed by atoms with Crippen LogP contribution in [0.2, 0.25) is 0 Å². The van der Waals surface area contributed by atoms with E-state index in [-0.39, 0.29) is 5.82 Å². The molecule has 1 N–H and O–H groups in total. The first kappa shape index (κ1) is 11.9. The molecule has 5 heteroatoms. The normalized spacial score (nSPS) is 15.7. The van der Waals surface area contributed by atoms with Gasteiger partial charge in [0.1, 0.15) is 5.82 Å². The number of rotatable bonds is 4. The molecule has 0 amide bonds. The summed E-state index contributed by atoms with van der Waals surface area (Å²) >= 11 is 5.30. The second kappa shape index (κ2) is 4.48. The number of aromatic nitrogens is 2. The van der Waals surface area contributed by atoms with E-state index in [4.69, 9.17) is 12.2 Å². The minimum Gasteiger partial charge on any atom is -0.331 e. The van der Waals surface area contributed by atoms with E-state index in [1.807, 2.05) is 4.57 Å². The van der Waals surface area contributed by atoms with Crippen molar-refractivity contribution in [2.45, 2.75) is 25.4 Å². The van der Waals surface area contributed by atoms with Gasteiger partial charge in [-0.1, -0.05) is 0 Å². The maximum absolute atomic E-state index is 13.3. The smallest absolute Gasteiger partial charge is 0.178 e. The maximum atomic E-state index is 13.3. The number of fused-ring (bicyclic) bond motifs is 1. The molecule has 1 fully saturated rings. The molecule has 0 atom stereocenters. The van der Waals surface area contributed by atoms with E-state index in [0.717, 1.165) is 30.2 Å². The molecular formula is C13H16FN3S. The number of aromatic amines is 1. The third-order valence-corrected chi connectivity index (χ3v) is 3.91. The van der Waals surface area contributed by atoms with Gasteiger partial charge in [-0.15, -0.1) is 0 Å². The summed E-state index contributed by atoms with van der Waals surface area (Å²) in [5.41, 5.74) is 1.75. The minimum absolute atomic E-state index is 0.221. The average Bonchev–Trinajstić information content (AvgIpc) is 3.12. The third kappa shape index (κ3) is 2.20. The molecule has 1 heterocycles. The molecule has 2 aromatic rings. The molecule has 1 saturated carbocycles. The molecule has 1 aliphatic rings. The van der Waals surface area contributed by atoms with E-state index < -0.39 is 0 Å². The van der Waals surface area contributed by atoms with Crippen molar-refractivity contribution in [1.29, 1.82) is 0 Å². The highest BCUT2D eigenvalue weighted by Crippen LogP contribution is 2.25. The third-order valence-electron chi connectivity index (χ3n) is 3.58. The number of hydrogen-bond acceptors (Lipinski definition) is 2. The number of hydrogen-bond donors (Lipinski definition) is 1. The fourth-order valence-corrected chi connectivity index (χ4v) is 2.60. The van der Waals surface area contributed by atoms with Gasteiger partial charge in [0.15, 0.2) is 4.77 Å². The summed E-state index contributed by atoms with van der Waals surface area (Å²) in [5, 5.41) is 0. The number of H-pyrrole nitrogens is 1. The first-order valence-corrected chi connectivity index (χ1v) is 6.64. The predicted molar refractivity (Wildman–Crippen MR) is 72.7 cm³/mol. The standard InChI is InChI=1S/C13H16FN3S/c1-16(10-3-4-10)6-7-17-12-8-9(14)2-5-11(12)15-13(17)18/h2,5,8,10H,3-4,6-7H2,1H3,(H,15,18). The van der Waals surface area contributed by atoms with Gasteiger partial charge in [-0.2, -0.15) is 0 Å². The topological polar surface area (TPSA) is 24.0 Å². The molecule has 3 nitrogen and oxygen atoms in total. The summed E-state index contributed by atoms with van der Waals surface area (Å²) in [6.45, 7) is 1.75. The molecule has 18 heavy (non-hydrogen) atoms. The Morgan fingerprint density at radius 1 is 1.50 bits per heavy atom. The van der Waals surface area contributed by atoms with Crippen LogP contribution in [0.15, 0.2) is 18.2 Å². The molecule has 0 saturated heterocycles. The van der Waals surface area contributed by atoms with Gasteiger partial charge in [-0.05, 0) is 50.3 Å². The fraction of sp³-hybridized carbons (Fsp3) is 0.462. The Balaban J connectivity index is 1.87. The molecule has 0 aliphatic heterocycles. The van der Waals surface area contributed by atoms with Crippen molar-refractivity contribution in [3.63, 3.8) is 0 Å². The van der Waals surface area contributed by atoms with Crippen molar-refractivity contribution in [2.75, 3.05) is 13.6 Å². The van der Waals surface area contributed by atoms with Crippen molar-refractivity contribution in [1.82, 2.24) is 14.5 Å². The fourth-order valence-electron chi connectivity index (χ4n) is 2.30. The number of nitrogens with zero attached hydrogens (tertiary/aromatic N) is 2. The Bertz CT molecular complexity index is 627. The zero-order chi connectivity index (χ0) is 12.7. The number of nitrogens with one attached hydrogen (secondary N) is 1. The second-order valence-electron chi connectivity index (χ2n) is 4.96. The van der Waals surface area contributed by atoms with Crippen LogP contribution in [0.4, 0.5) is 4.39 Å². The zero-order valence-corrected chi connectivity index (χ0v) is 11.1. The Kier molecular flexibility index (Phi) is 2.95. The van der Waals surface area contributed by atoms with E-state index in [2.05, 4.69) is 16.9 Å². The van der Waals surface area contributed by atoms with Gasteiger partial charge in [-0.3, -0.25) is 0 Å². The molecule has 1 aromatic carbocycles. The van der Waals surface area contributed by atoms with E-state index in [9.17, 15) is 4.39 Å². The number of likely N-dealkylation sites (N-methyl/N-ethyl adjacent to an activating group) is 1. The van der Waals surface area contributed by atoms with E-state index in [1.165, 1.54) is 18.9 Å². The minimum atomic E-state index is -0.221. The van der Waals surface area contributed by atoms with E-state index in [0.29, 0.717) is 4.77 Å². The first-order chi connectivity index (χ1) is 8.65. The highest BCUT2D eigenvalue weighted by Gasteiger charge is 2.25. The summed E-state index contributed by atoms with van der Waals surface area (Å²) in [5.74, 6) is -0.221. The summed E-state index contributed by atoms with van der Waals surface area (Å²) in [4.78, 5) is 5.46. The van der Waals surface area contributed by atoms with Gasteiger partial charge in [-0.25, -0.2) is 4.39 Å². The molecular weight excluding hydrogens is 249 g/mol. The molecule has 3 rings (SSSR count). The largest absolute Gasteiger partial charge is 0.331 e. The van der Waals surface area contributed by atoms with Crippen molar-refractivity contribution in [3.8, 4) is 0 Å². The lowest BCUT2D eigenvalue weighted by molar-refractivity contribution is 0.310. The first-order valence-electron chi connectivity index (χ1n) is 6.23. The van der Waals surface area contributed by atoms with E-state index in [1.54, 1.807) is 12.1 Å². The van der Waals surface area contributed by atoms with E-state index >= 15 is 0 Å².